The number of hydrogen-bond acceptors (Lipinski definition) is 8. The number of nitrogens with zero attached hydrogens (tertiary/aromatic N) is 1. The normalized spacial score (nSPS) is 14.1. The molecule has 0 saturated carbocycles. The Morgan fingerprint density at radius 3 is 1.51 bits per heavy atom. The van der Waals surface area contributed by atoms with E-state index in [4.69, 9.17) is 18.5 Å². The lowest BCUT2D eigenvalue weighted by Gasteiger charge is -2.20. The Hall–Kier alpha value is -2.55. The number of phosphoric acid groups is 1. The molecule has 0 aliphatic heterocycles. The van der Waals surface area contributed by atoms with Crippen LogP contribution in [0.1, 0.15) is 155 Å². The lowest BCUT2D eigenvalue weighted by Crippen LogP contribution is -2.29. The van der Waals surface area contributed by atoms with Crippen LogP contribution in [-0.2, 0) is 32.7 Å². The second kappa shape index (κ2) is 39.7. The van der Waals surface area contributed by atoms with Crippen molar-refractivity contribution in [2.24, 2.45) is 0 Å². The van der Waals surface area contributed by atoms with Gasteiger partial charge < -0.3 is 19.3 Å². The van der Waals surface area contributed by atoms with E-state index in [-0.39, 0.29) is 26.1 Å². The van der Waals surface area contributed by atoms with Gasteiger partial charge in [-0.05, 0) is 65.5 Å². The molecule has 10 heteroatoms. The third-order valence-corrected chi connectivity index (χ3v) is 9.53. The van der Waals surface area contributed by atoms with Crippen LogP contribution in [-0.4, -0.2) is 68.3 Å². The van der Waals surface area contributed by atoms with E-state index in [2.05, 4.69) is 74.6 Å². The number of hydrogen-bond donors (Lipinski definition) is 1. The van der Waals surface area contributed by atoms with E-state index in [0.717, 1.165) is 57.8 Å². The van der Waals surface area contributed by atoms with Gasteiger partial charge in [0.25, 0.3) is 0 Å². The van der Waals surface area contributed by atoms with Crippen LogP contribution in [0.25, 0.3) is 0 Å². The van der Waals surface area contributed by atoms with Gasteiger partial charge in [0.15, 0.2) is 6.10 Å². The van der Waals surface area contributed by atoms with E-state index in [1.54, 1.807) is 4.90 Å². The molecule has 0 spiro atoms. The van der Waals surface area contributed by atoms with Gasteiger partial charge in [-0.2, -0.15) is 0 Å². The maximum Gasteiger partial charge on any atom is 0.472 e. The molecule has 0 amide bonds. The van der Waals surface area contributed by atoms with Crippen LogP contribution in [0.4, 0.5) is 0 Å². The van der Waals surface area contributed by atoms with E-state index in [9.17, 15) is 19.0 Å². The lowest BCUT2D eigenvalue weighted by molar-refractivity contribution is -0.161. The molecule has 0 aliphatic carbocycles. The first-order chi connectivity index (χ1) is 26.7. The Labute approximate surface area is 336 Å². The average Bonchev–Trinajstić information content (AvgIpc) is 3.15. The summed E-state index contributed by atoms with van der Waals surface area (Å²) in [5.74, 6) is -0.904. The second-order valence-electron chi connectivity index (χ2n) is 14.1. The number of allylic oxidation sites excluding steroid dienone is 12. The minimum atomic E-state index is -4.38. The monoisotopic (exact) mass is 792 g/mol. The van der Waals surface area contributed by atoms with Crippen molar-refractivity contribution in [2.45, 2.75) is 161 Å². The van der Waals surface area contributed by atoms with Crippen LogP contribution < -0.4 is 0 Å². The first kappa shape index (κ1) is 52.5. The molecule has 0 fully saturated rings. The molecule has 9 nitrogen and oxygen atoms in total. The van der Waals surface area contributed by atoms with E-state index in [1.165, 1.54) is 57.8 Å². The summed E-state index contributed by atoms with van der Waals surface area (Å²) in [6.07, 6.45) is 46.8. The highest BCUT2D eigenvalue weighted by atomic mass is 31.2. The van der Waals surface area contributed by atoms with Gasteiger partial charge in [0.2, 0.25) is 0 Å². The number of likely N-dealkylation sites (N-methyl/N-ethyl adjacent to an activating group) is 1. The van der Waals surface area contributed by atoms with E-state index >= 15 is 0 Å². The molecule has 0 saturated heterocycles. The highest BCUT2D eigenvalue weighted by Gasteiger charge is 2.26. The van der Waals surface area contributed by atoms with Crippen molar-refractivity contribution in [3.05, 3.63) is 72.9 Å². The van der Waals surface area contributed by atoms with Crippen LogP contribution in [0.2, 0.25) is 0 Å². The summed E-state index contributed by atoms with van der Waals surface area (Å²) in [5, 5.41) is 0. The summed E-state index contributed by atoms with van der Waals surface area (Å²) in [6, 6.07) is 0. The van der Waals surface area contributed by atoms with Crippen LogP contribution in [0.5, 0.6) is 0 Å². The highest BCUT2D eigenvalue weighted by molar-refractivity contribution is 7.47. The lowest BCUT2D eigenvalue weighted by atomic mass is 10.0. The predicted octanol–water partition coefficient (Wildman–Crippen LogP) is 12.1. The van der Waals surface area contributed by atoms with Crippen molar-refractivity contribution in [3.8, 4) is 0 Å². The number of carbonyl (C=O) groups is 2. The third kappa shape index (κ3) is 40.9. The van der Waals surface area contributed by atoms with Gasteiger partial charge in [-0.15, -0.1) is 0 Å². The number of unbranched alkanes of at least 4 members (excludes halogenated alkanes) is 12. The van der Waals surface area contributed by atoms with Gasteiger partial charge in [0.1, 0.15) is 6.61 Å². The predicted molar refractivity (Wildman–Crippen MR) is 229 cm³/mol. The molecule has 0 bridgehead atoms. The molecule has 0 aromatic heterocycles. The Balaban J connectivity index is 4.43. The fourth-order valence-corrected chi connectivity index (χ4v) is 6.04. The molecule has 0 aliphatic rings. The summed E-state index contributed by atoms with van der Waals surface area (Å²) in [5.41, 5.74) is 0. The standard InChI is InChI=1S/C45H78NO8P/c1-5-7-9-11-13-15-17-19-20-21-22-23-24-26-27-29-31-33-35-37-44(47)51-41-43(42-53-55(49,50)52-40-39-46(3)4)54-45(48)38-36-34-32-30-28-25-18-16-14-12-10-8-6-2/h7,9,13,15,19-20,22-23,26-27,31,33,43H,5-6,8,10-12,14,16-18,21,24-25,28-30,32,34-42H2,1-4H3,(H,49,50)/b9-7-,15-13-,20-19-,23-22-,27-26-,33-31-. The number of rotatable bonds is 38. The van der Waals surface area contributed by atoms with Gasteiger partial charge in [-0.3, -0.25) is 18.6 Å². The quantitative estimate of drug-likeness (QED) is 0.0283. The molecule has 2 atom stereocenters. The zero-order valence-electron chi connectivity index (χ0n) is 35.1. The van der Waals surface area contributed by atoms with Crippen LogP contribution in [0.15, 0.2) is 72.9 Å². The smallest absolute Gasteiger partial charge is 0.462 e. The Morgan fingerprint density at radius 2 is 1.04 bits per heavy atom. The summed E-state index contributed by atoms with van der Waals surface area (Å²) < 4.78 is 33.3. The molecular formula is C45H78NO8P. The topological polar surface area (TPSA) is 112 Å². The molecule has 0 radical (unpaired) electrons. The molecule has 0 aromatic carbocycles. The Morgan fingerprint density at radius 1 is 0.582 bits per heavy atom. The van der Waals surface area contributed by atoms with Crippen molar-refractivity contribution >= 4 is 19.8 Å². The summed E-state index contributed by atoms with van der Waals surface area (Å²) in [6.45, 7) is 4.11. The molecule has 2 unspecified atom stereocenters. The van der Waals surface area contributed by atoms with Crippen molar-refractivity contribution in [1.82, 2.24) is 4.90 Å². The Bertz CT molecular complexity index is 1140. The van der Waals surface area contributed by atoms with Gasteiger partial charge in [0.05, 0.1) is 13.2 Å². The number of ether oxygens (including phenoxy) is 2. The van der Waals surface area contributed by atoms with Crippen LogP contribution in [0, 0.1) is 0 Å². The third-order valence-electron chi connectivity index (χ3n) is 8.54. The number of esters is 2. The number of carbonyl (C=O) groups excluding carboxylic acids is 2. The average molecular weight is 792 g/mol. The first-order valence-corrected chi connectivity index (χ1v) is 22.7. The second-order valence-corrected chi connectivity index (χ2v) is 15.6. The van der Waals surface area contributed by atoms with Gasteiger partial charge in [0, 0.05) is 19.4 Å². The summed E-state index contributed by atoms with van der Waals surface area (Å²) in [7, 11) is -0.747. The maximum absolute atomic E-state index is 12.6. The molecule has 316 valence electrons. The molecule has 0 aromatic rings. The molecule has 0 rings (SSSR count). The number of phosphoric ester groups is 1. The summed E-state index contributed by atoms with van der Waals surface area (Å²) in [4.78, 5) is 36.9. The zero-order chi connectivity index (χ0) is 40.5. The Kier molecular flexibility index (Phi) is 37.8. The molecule has 1 N–H and O–H groups in total. The fraction of sp³-hybridized carbons (Fsp3) is 0.689. The van der Waals surface area contributed by atoms with Crippen LogP contribution in [0.3, 0.4) is 0 Å². The van der Waals surface area contributed by atoms with Gasteiger partial charge >= 0.3 is 19.8 Å². The van der Waals surface area contributed by atoms with E-state index in [0.29, 0.717) is 19.4 Å². The first-order valence-electron chi connectivity index (χ1n) is 21.2. The van der Waals surface area contributed by atoms with Gasteiger partial charge in [-0.25, -0.2) is 4.57 Å². The fourth-order valence-electron chi connectivity index (χ4n) is 5.30. The van der Waals surface area contributed by atoms with E-state index in [1.807, 2.05) is 26.2 Å². The maximum atomic E-state index is 12.6. The van der Waals surface area contributed by atoms with Crippen molar-refractivity contribution in [3.63, 3.8) is 0 Å². The minimum absolute atomic E-state index is 0.00609. The molecular weight excluding hydrogens is 713 g/mol. The minimum Gasteiger partial charge on any atom is -0.462 e. The SMILES string of the molecule is CC/C=C\C/C=C\C/C=C\C/C=C\C/C=C\C/C=C\CCC(=O)OCC(COP(=O)(O)OCCN(C)C)OC(=O)CCCCCCCCCCCCCCC. The van der Waals surface area contributed by atoms with Crippen LogP contribution >= 0.6 is 7.82 Å². The zero-order valence-corrected chi connectivity index (χ0v) is 36.0. The highest BCUT2D eigenvalue weighted by Crippen LogP contribution is 2.43. The molecule has 0 heterocycles. The van der Waals surface area contributed by atoms with Crippen molar-refractivity contribution in [1.29, 1.82) is 0 Å². The molecule has 55 heavy (non-hydrogen) atoms. The van der Waals surface area contributed by atoms with Crippen molar-refractivity contribution < 1.29 is 37.6 Å². The van der Waals surface area contributed by atoms with Gasteiger partial charge in [-0.1, -0.05) is 164 Å². The summed E-state index contributed by atoms with van der Waals surface area (Å²) >= 11 is 0. The van der Waals surface area contributed by atoms with E-state index < -0.39 is 32.5 Å². The largest absolute Gasteiger partial charge is 0.472 e. The van der Waals surface area contributed by atoms with Crippen molar-refractivity contribution in [2.75, 3.05) is 40.5 Å².